The van der Waals surface area contributed by atoms with Gasteiger partial charge in [0.1, 0.15) is 18.3 Å². The quantitative estimate of drug-likeness (QED) is 0.506. The topological polar surface area (TPSA) is 20.6 Å². The first-order valence-corrected chi connectivity index (χ1v) is 8.91. The summed E-state index contributed by atoms with van der Waals surface area (Å²) in [6, 6.07) is 21.1. The summed E-state index contributed by atoms with van der Waals surface area (Å²) in [5.41, 5.74) is 9.26. The zero-order chi connectivity index (χ0) is 18.3. The molecular weight excluding hydrogens is 318 g/mol. The predicted octanol–water partition coefficient (Wildman–Crippen LogP) is 3.93. The van der Waals surface area contributed by atoms with Crippen molar-refractivity contribution >= 4 is 11.0 Å². The third kappa shape index (κ3) is 2.57. The molecule has 2 aromatic carbocycles. The highest BCUT2D eigenvalue weighted by atomic mass is 15.0. The second kappa shape index (κ2) is 6.34. The lowest BCUT2D eigenvalue weighted by Crippen LogP contribution is -2.36. The van der Waals surface area contributed by atoms with Crippen molar-refractivity contribution in [3.8, 4) is 16.9 Å². The van der Waals surface area contributed by atoms with Crippen LogP contribution < -0.4 is 9.13 Å². The molecule has 0 aliphatic heterocycles. The average Bonchev–Trinajstić information content (AvgIpc) is 2.64. The monoisotopic (exact) mass is 341 g/mol. The lowest BCUT2D eigenvalue weighted by atomic mass is 10.0. The number of benzene rings is 2. The molecular formula is C23H23N3+2. The first-order valence-electron chi connectivity index (χ1n) is 8.91. The van der Waals surface area contributed by atoms with Gasteiger partial charge in [0.2, 0.25) is 16.9 Å². The lowest BCUT2D eigenvalue weighted by molar-refractivity contribution is -0.634. The SMILES string of the molecule is Cc1nc2ccccc2[n+](C)c1-c1cccc(-[n+]2ccccc2C)c1C. The molecule has 2 heterocycles. The second-order valence-electron chi connectivity index (χ2n) is 6.76. The second-order valence-corrected chi connectivity index (χ2v) is 6.76. The van der Waals surface area contributed by atoms with E-state index in [-0.39, 0.29) is 0 Å². The van der Waals surface area contributed by atoms with Gasteiger partial charge in [0.15, 0.2) is 11.9 Å². The molecule has 0 saturated heterocycles. The van der Waals surface area contributed by atoms with E-state index in [1.54, 1.807) is 0 Å². The van der Waals surface area contributed by atoms with Crippen LogP contribution in [0.5, 0.6) is 0 Å². The Bertz CT molecular complexity index is 1130. The van der Waals surface area contributed by atoms with E-state index in [1.165, 1.54) is 22.5 Å². The molecule has 26 heavy (non-hydrogen) atoms. The minimum absolute atomic E-state index is 1.03. The number of aromatic nitrogens is 3. The highest BCUT2D eigenvalue weighted by Gasteiger charge is 2.24. The summed E-state index contributed by atoms with van der Waals surface area (Å²) in [4.78, 5) is 4.85. The molecule has 128 valence electrons. The normalized spacial score (nSPS) is 11.1. The van der Waals surface area contributed by atoms with Crippen LogP contribution >= 0.6 is 0 Å². The minimum Gasteiger partial charge on any atom is -0.240 e. The Kier molecular flexibility index (Phi) is 4.00. The van der Waals surface area contributed by atoms with E-state index >= 15 is 0 Å². The summed E-state index contributed by atoms with van der Waals surface area (Å²) >= 11 is 0. The van der Waals surface area contributed by atoms with Crippen molar-refractivity contribution in [3.63, 3.8) is 0 Å². The van der Waals surface area contributed by atoms with E-state index in [9.17, 15) is 0 Å². The molecule has 0 unspecified atom stereocenters. The maximum atomic E-state index is 4.85. The molecule has 4 rings (SSSR count). The lowest BCUT2D eigenvalue weighted by Gasteiger charge is -2.10. The number of pyridine rings is 1. The van der Waals surface area contributed by atoms with E-state index in [0.29, 0.717) is 0 Å². The van der Waals surface area contributed by atoms with Crippen molar-refractivity contribution in [3.05, 3.63) is 83.8 Å². The summed E-state index contributed by atoms with van der Waals surface area (Å²) < 4.78 is 4.49. The number of hydrogen-bond acceptors (Lipinski definition) is 1. The van der Waals surface area contributed by atoms with Gasteiger partial charge in [-0.05, 0) is 26.0 Å². The van der Waals surface area contributed by atoms with Gasteiger partial charge in [0.25, 0.3) is 0 Å². The molecule has 0 N–H and O–H groups in total. The molecule has 0 bridgehead atoms. The average molecular weight is 341 g/mol. The predicted molar refractivity (Wildman–Crippen MR) is 104 cm³/mol. The molecule has 0 fully saturated rings. The highest BCUT2D eigenvalue weighted by molar-refractivity contribution is 5.75. The van der Waals surface area contributed by atoms with Gasteiger partial charge in [-0.3, -0.25) is 0 Å². The Labute approximate surface area is 154 Å². The van der Waals surface area contributed by atoms with Crippen molar-refractivity contribution in [2.45, 2.75) is 20.8 Å². The zero-order valence-corrected chi connectivity index (χ0v) is 15.7. The third-order valence-electron chi connectivity index (χ3n) is 5.09. The van der Waals surface area contributed by atoms with Crippen molar-refractivity contribution in [1.82, 2.24) is 4.98 Å². The maximum absolute atomic E-state index is 4.85. The number of hydrogen-bond donors (Lipinski definition) is 0. The Morgan fingerprint density at radius 3 is 2.38 bits per heavy atom. The van der Waals surface area contributed by atoms with Crippen LogP contribution in [0.1, 0.15) is 17.0 Å². The standard InChI is InChI=1S/C23H23N3/c1-16-10-7-8-15-26(16)21-14-9-11-19(17(21)2)23-18(3)24-20-12-5-6-13-22(20)25(23)4/h5-15H,1-4H3/q+2. The van der Waals surface area contributed by atoms with Crippen LogP contribution in [0, 0.1) is 20.8 Å². The van der Waals surface area contributed by atoms with Crippen LogP contribution in [0.15, 0.2) is 66.9 Å². The molecule has 0 spiro atoms. The van der Waals surface area contributed by atoms with Crippen LogP contribution in [0.3, 0.4) is 0 Å². The third-order valence-corrected chi connectivity index (χ3v) is 5.09. The minimum atomic E-state index is 1.03. The first kappa shape index (κ1) is 16.4. The fraction of sp³-hybridized carbons (Fsp3) is 0.174. The Balaban J connectivity index is 2.00. The Hall–Kier alpha value is -3.07. The Morgan fingerprint density at radius 2 is 1.58 bits per heavy atom. The first-order chi connectivity index (χ1) is 12.6. The molecule has 0 aliphatic rings. The van der Waals surface area contributed by atoms with Gasteiger partial charge in [-0.25, -0.2) is 4.98 Å². The van der Waals surface area contributed by atoms with Crippen molar-refractivity contribution in [2.75, 3.05) is 0 Å². The molecule has 0 saturated carbocycles. The van der Waals surface area contributed by atoms with E-state index in [4.69, 9.17) is 4.98 Å². The molecule has 0 amide bonds. The van der Waals surface area contributed by atoms with Gasteiger partial charge in [0, 0.05) is 36.8 Å². The van der Waals surface area contributed by atoms with E-state index in [2.05, 4.69) is 97.7 Å². The number of fused-ring (bicyclic) bond motifs is 1. The molecule has 2 aromatic heterocycles. The van der Waals surface area contributed by atoms with Crippen molar-refractivity contribution in [1.29, 1.82) is 0 Å². The summed E-state index contributed by atoms with van der Waals surface area (Å²) in [6.45, 7) is 6.42. The van der Waals surface area contributed by atoms with E-state index in [1.807, 2.05) is 6.07 Å². The number of nitrogens with zero attached hydrogens (tertiary/aromatic N) is 3. The van der Waals surface area contributed by atoms with Crippen LogP contribution in [-0.4, -0.2) is 4.98 Å². The fourth-order valence-corrected chi connectivity index (χ4v) is 3.75. The summed E-state index contributed by atoms with van der Waals surface area (Å²) in [7, 11) is 2.12. The van der Waals surface area contributed by atoms with Crippen LogP contribution in [0.4, 0.5) is 0 Å². The number of rotatable bonds is 2. The fourth-order valence-electron chi connectivity index (χ4n) is 3.75. The Morgan fingerprint density at radius 1 is 0.808 bits per heavy atom. The largest absolute Gasteiger partial charge is 0.240 e. The number of para-hydroxylation sites is 2. The molecule has 0 radical (unpaired) electrons. The van der Waals surface area contributed by atoms with Crippen molar-refractivity contribution in [2.24, 2.45) is 7.05 Å². The zero-order valence-electron chi connectivity index (χ0n) is 15.7. The van der Waals surface area contributed by atoms with Crippen LogP contribution in [-0.2, 0) is 7.05 Å². The van der Waals surface area contributed by atoms with Gasteiger partial charge in [-0.15, -0.1) is 0 Å². The molecule has 3 heteroatoms. The summed E-state index contributed by atoms with van der Waals surface area (Å²) in [6.07, 6.45) is 2.12. The molecule has 0 aliphatic carbocycles. The van der Waals surface area contributed by atoms with Crippen LogP contribution in [0.25, 0.3) is 28.0 Å². The van der Waals surface area contributed by atoms with Gasteiger partial charge in [-0.1, -0.05) is 24.3 Å². The molecule has 4 aromatic rings. The van der Waals surface area contributed by atoms with Crippen LogP contribution in [0.2, 0.25) is 0 Å². The van der Waals surface area contributed by atoms with Gasteiger partial charge >= 0.3 is 0 Å². The van der Waals surface area contributed by atoms with E-state index in [0.717, 1.165) is 22.4 Å². The van der Waals surface area contributed by atoms with Gasteiger partial charge in [-0.2, -0.15) is 9.13 Å². The highest BCUT2D eigenvalue weighted by Crippen LogP contribution is 2.26. The van der Waals surface area contributed by atoms with E-state index < -0.39 is 0 Å². The summed E-state index contributed by atoms with van der Waals surface area (Å²) in [5.74, 6) is 0. The van der Waals surface area contributed by atoms with Gasteiger partial charge in [0.05, 0.1) is 5.56 Å². The smallest absolute Gasteiger partial charge is 0.234 e. The number of aryl methyl sites for hydroxylation is 3. The molecule has 3 nitrogen and oxygen atoms in total. The van der Waals surface area contributed by atoms with Gasteiger partial charge < -0.3 is 0 Å². The summed E-state index contributed by atoms with van der Waals surface area (Å²) in [5, 5.41) is 0. The van der Waals surface area contributed by atoms with Crippen molar-refractivity contribution < 1.29 is 9.13 Å². The molecule has 0 atom stereocenters. The maximum Gasteiger partial charge on any atom is 0.234 e.